The van der Waals surface area contributed by atoms with Gasteiger partial charge in [0.2, 0.25) is 17.6 Å². The van der Waals surface area contributed by atoms with Crippen molar-refractivity contribution in [3.63, 3.8) is 0 Å². The summed E-state index contributed by atoms with van der Waals surface area (Å²) in [4.78, 5) is 54.8. The Labute approximate surface area is 354 Å². The number of rotatable bonds is 8. The molecule has 0 unspecified atom stereocenters. The molecule has 1 saturated carbocycles. The van der Waals surface area contributed by atoms with Gasteiger partial charge in [0.25, 0.3) is 11.8 Å². The van der Waals surface area contributed by atoms with E-state index in [4.69, 9.17) is 27.9 Å². The van der Waals surface area contributed by atoms with E-state index in [0.29, 0.717) is 16.9 Å². The zero-order valence-electron chi connectivity index (χ0n) is 32.2. The van der Waals surface area contributed by atoms with E-state index in [1.54, 1.807) is 30.3 Å². The van der Waals surface area contributed by atoms with Crippen LogP contribution < -0.4 is 19.4 Å². The second-order valence-electron chi connectivity index (χ2n) is 15.2. The molecule has 2 saturated heterocycles. The van der Waals surface area contributed by atoms with Crippen LogP contribution in [0.4, 0.5) is 50.4 Å². The molecule has 4 aromatic rings. The Morgan fingerprint density at radius 1 is 0.787 bits per heavy atom. The quantitative estimate of drug-likeness (QED) is 0.0356. The van der Waals surface area contributed by atoms with Gasteiger partial charge < -0.3 is 14.7 Å². The number of hydrogen-bond donors (Lipinski definition) is 1. The van der Waals surface area contributed by atoms with E-state index in [2.05, 4.69) is 10.2 Å². The second-order valence-corrected chi connectivity index (χ2v) is 16.4. The Kier molecular flexibility index (Phi) is 10.3. The first-order chi connectivity index (χ1) is 28.9. The molecule has 1 N–H and O–H groups in total. The van der Waals surface area contributed by atoms with Crippen molar-refractivity contribution in [2.24, 2.45) is 33.9 Å². The Morgan fingerprint density at radius 2 is 1.38 bits per heavy atom. The second kappa shape index (κ2) is 15.1. The molecule has 0 bridgehead atoms. The number of benzene rings is 4. The van der Waals surface area contributed by atoms with Crippen molar-refractivity contribution in [2.45, 2.75) is 22.6 Å². The average Bonchev–Trinajstić information content (AvgIpc) is 3.59. The summed E-state index contributed by atoms with van der Waals surface area (Å²) in [6.45, 7) is 0. The SMILES string of the molecule is COc1cc(C=C[C@H]2C3=CC[C@@H]4C(=O)N(c5ccc(N=Nc6ccc(N(C)C)cc6)cc5)C(=O)[C@@H]4[C@@H]3C[C@@]3(Cl)C(=O)N(c4c(F)c(F)c(F)c(F)c4F)C(=O)[C@@]23Cl)ccc1O. The molecule has 3 fully saturated rings. The Balaban J connectivity index is 1.17. The number of fused-ring (bicyclic) bond motifs is 4. The van der Waals surface area contributed by atoms with Gasteiger partial charge in [0.05, 0.1) is 36.0 Å². The highest BCUT2D eigenvalue weighted by Crippen LogP contribution is 2.64. The number of hydrogen-bond acceptors (Lipinski definition) is 9. The lowest BCUT2D eigenvalue weighted by molar-refractivity contribution is -0.125. The summed E-state index contributed by atoms with van der Waals surface area (Å²) in [5, 5.41) is 18.6. The van der Waals surface area contributed by atoms with Crippen LogP contribution in [0, 0.1) is 52.8 Å². The van der Waals surface area contributed by atoms with Crippen molar-refractivity contribution in [2.75, 3.05) is 35.9 Å². The highest BCUT2D eigenvalue weighted by atomic mass is 35.5. The minimum Gasteiger partial charge on any atom is -0.504 e. The fourth-order valence-electron chi connectivity index (χ4n) is 8.68. The molecule has 4 amide bonds. The van der Waals surface area contributed by atoms with Crippen LogP contribution in [0.1, 0.15) is 18.4 Å². The summed E-state index contributed by atoms with van der Waals surface area (Å²) in [6, 6.07) is 17.7. The number of allylic oxidation sites excluding steroid dienone is 3. The molecule has 2 aliphatic carbocycles. The van der Waals surface area contributed by atoms with E-state index >= 15 is 8.78 Å². The van der Waals surface area contributed by atoms with Gasteiger partial charge in [-0.1, -0.05) is 29.9 Å². The summed E-state index contributed by atoms with van der Waals surface area (Å²) in [7, 11) is 5.12. The Morgan fingerprint density at radius 3 is 1.97 bits per heavy atom. The maximum absolute atomic E-state index is 15.3. The molecule has 2 heterocycles. The number of anilines is 3. The number of ether oxygens (including phenoxy) is 1. The van der Waals surface area contributed by atoms with Gasteiger partial charge in [-0.05, 0) is 85.0 Å². The molecule has 0 radical (unpaired) electrons. The van der Waals surface area contributed by atoms with Crippen LogP contribution in [0.3, 0.4) is 0 Å². The predicted octanol–water partition coefficient (Wildman–Crippen LogP) is 8.89. The first kappa shape index (κ1) is 41.6. The molecule has 18 heteroatoms. The third-order valence-electron chi connectivity index (χ3n) is 11.7. The molecule has 8 rings (SSSR count). The molecule has 4 aliphatic rings. The van der Waals surface area contributed by atoms with E-state index in [1.807, 2.05) is 31.1 Å². The standard InChI is InChI=1S/C43H32Cl2F5N5O6/c1-53(2)23-10-6-21(7-11-23)51-52-22-8-12-24(13-9-22)54-38(57)26-15-14-25-27(31(26)39(54)58)19-42(44)40(59)55(37-35(49)33(47)32(46)34(48)36(37)50)41(60)43(42,45)28(25)16-4-20-5-17-29(56)30(18-20)61-3/h4-14,16-18,26-28,31,56H,15,19H2,1-3H3/t26-,27+,28-,31-,42+,43-/m0/s1. The van der Waals surface area contributed by atoms with Gasteiger partial charge in [-0.2, -0.15) is 10.2 Å². The van der Waals surface area contributed by atoms with E-state index in [1.165, 1.54) is 49.6 Å². The van der Waals surface area contributed by atoms with Crippen molar-refractivity contribution in [1.29, 1.82) is 0 Å². The third-order valence-corrected chi connectivity index (χ3v) is 13.1. The van der Waals surface area contributed by atoms with Crippen molar-refractivity contribution in [1.82, 2.24) is 0 Å². The molecule has 0 spiro atoms. The lowest BCUT2D eigenvalue weighted by Gasteiger charge is -2.49. The van der Waals surface area contributed by atoms with Gasteiger partial charge >= 0.3 is 0 Å². The maximum atomic E-state index is 15.3. The predicted molar refractivity (Wildman–Crippen MR) is 215 cm³/mol. The first-order valence-corrected chi connectivity index (χ1v) is 19.4. The highest BCUT2D eigenvalue weighted by Gasteiger charge is 2.76. The number of aromatic hydroxyl groups is 1. The molecule has 11 nitrogen and oxygen atoms in total. The molecular formula is C43H32Cl2F5N5O6. The van der Waals surface area contributed by atoms with Crippen LogP contribution in [0.15, 0.2) is 94.7 Å². The summed E-state index contributed by atoms with van der Waals surface area (Å²) in [6.07, 6.45) is 3.67. The molecule has 0 aromatic heterocycles. The summed E-state index contributed by atoms with van der Waals surface area (Å²) in [5.41, 5.74) is 0.941. The fourth-order valence-corrected chi connectivity index (χ4v) is 9.57. The number of phenolic OH excluding ortho intramolecular Hbond substituents is 1. The summed E-state index contributed by atoms with van der Waals surface area (Å²) in [5.74, 6) is -21.7. The van der Waals surface area contributed by atoms with E-state index in [9.17, 15) is 37.5 Å². The van der Waals surface area contributed by atoms with Crippen LogP contribution in [0.2, 0.25) is 0 Å². The smallest absolute Gasteiger partial charge is 0.258 e. The van der Waals surface area contributed by atoms with Gasteiger partial charge in [0, 0.05) is 25.7 Å². The third kappa shape index (κ3) is 6.28. The molecule has 314 valence electrons. The zero-order chi connectivity index (χ0) is 43.9. The van der Waals surface area contributed by atoms with Crippen molar-refractivity contribution < 1.29 is 51.0 Å². The van der Waals surface area contributed by atoms with Gasteiger partial charge in [0.1, 0.15) is 5.69 Å². The van der Waals surface area contributed by atoms with Gasteiger partial charge in [-0.3, -0.25) is 24.1 Å². The monoisotopic (exact) mass is 879 g/mol. The number of methoxy groups -OCH3 is 1. The van der Waals surface area contributed by atoms with Gasteiger partial charge in [-0.15, -0.1) is 23.2 Å². The lowest BCUT2D eigenvalue weighted by atomic mass is 9.57. The van der Waals surface area contributed by atoms with Crippen molar-refractivity contribution in [3.8, 4) is 11.5 Å². The number of phenols is 1. The summed E-state index contributed by atoms with van der Waals surface area (Å²) < 4.78 is 79.1. The van der Waals surface area contributed by atoms with Crippen LogP contribution in [-0.4, -0.2) is 59.7 Å². The first-order valence-electron chi connectivity index (χ1n) is 18.6. The number of azo groups is 1. The maximum Gasteiger partial charge on any atom is 0.258 e. The van der Waals surface area contributed by atoms with E-state index in [0.717, 1.165) is 10.6 Å². The number of imide groups is 2. The van der Waals surface area contributed by atoms with Crippen molar-refractivity contribution >= 4 is 81.3 Å². The lowest BCUT2D eigenvalue weighted by Crippen LogP contribution is -2.60. The molecule has 6 atom stereocenters. The van der Waals surface area contributed by atoms with E-state index in [-0.39, 0.29) is 34.1 Å². The minimum absolute atomic E-state index is 0.0421. The summed E-state index contributed by atoms with van der Waals surface area (Å²) >= 11 is 14.3. The normalized spacial score (nSPS) is 26.0. The number of carbonyl (C=O) groups is 4. The number of alkyl halides is 2. The van der Waals surface area contributed by atoms with Gasteiger partial charge in [0.15, 0.2) is 44.5 Å². The molecule has 2 aliphatic heterocycles. The van der Waals surface area contributed by atoms with Crippen LogP contribution in [0.25, 0.3) is 6.08 Å². The fraction of sp³-hybridized carbons (Fsp3) is 0.256. The van der Waals surface area contributed by atoms with E-state index < -0.39 is 98.2 Å². The molecular weight excluding hydrogens is 848 g/mol. The van der Waals surface area contributed by atoms with Crippen LogP contribution >= 0.6 is 23.2 Å². The van der Waals surface area contributed by atoms with Crippen LogP contribution in [-0.2, 0) is 19.2 Å². The Bertz CT molecular complexity index is 2620. The largest absolute Gasteiger partial charge is 0.504 e. The highest BCUT2D eigenvalue weighted by molar-refractivity contribution is 6.58. The average molecular weight is 881 g/mol. The zero-order valence-corrected chi connectivity index (χ0v) is 33.7. The topological polar surface area (TPSA) is 132 Å². The molecule has 4 aromatic carbocycles. The Hall–Kier alpha value is -6.13. The van der Waals surface area contributed by atoms with Crippen molar-refractivity contribution in [3.05, 3.63) is 119 Å². The number of carbonyl (C=O) groups excluding carboxylic acids is 4. The number of nitrogens with zero attached hydrogens (tertiary/aromatic N) is 5. The number of amides is 4. The van der Waals surface area contributed by atoms with Gasteiger partial charge in [-0.25, -0.2) is 26.9 Å². The molecule has 61 heavy (non-hydrogen) atoms. The minimum atomic E-state index is -2.68. The van der Waals surface area contributed by atoms with Crippen LogP contribution in [0.5, 0.6) is 11.5 Å². The number of halogens is 7.